The molecule has 0 N–H and O–H groups in total. The predicted octanol–water partition coefficient (Wildman–Crippen LogP) is 3.90. The van der Waals surface area contributed by atoms with E-state index in [0.717, 1.165) is 5.75 Å². The Morgan fingerprint density at radius 3 is 2.16 bits per heavy atom. The molecule has 2 heteroatoms. The predicted molar refractivity (Wildman–Crippen MR) is 77.5 cm³/mol. The van der Waals surface area contributed by atoms with Gasteiger partial charge in [0.1, 0.15) is 12.4 Å². The number of aryl methyl sites for hydroxylation is 2. The van der Waals surface area contributed by atoms with Crippen molar-refractivity contribution in [3.8, 4) is 5.75 Å². The van der Waals surface area contributed by atoms with E-state index in [2.05, 4.69) is 38.1 Å². The highest BCUT2D eigenvalue weighted by atomic mass is 16.5. The van der Waals surface area contributed by atoms with E-state index in [1.54, 1.807) is 0 Å². The van der Waals surface area contributed by atoms with E-state index in [4.69, 9.17) is 9.47 Å². The van der Waals surface area contributed by atoms with Crippen LogP contribution in [-0.2, 0) is 11.3 Å². The number of para-hydroxylation sites is 1. The monoisotopic (exact) mass is 256 g/mol. The van der Waals surface area contributed by atoms with Gasteiger partial charge < -0.3 is 9.47 Å². The maximum atomic E-state index is 5.78. The maximum Gasteiger partial charge on any atom is 0.125 e. The molecule has 0 saturated heterocycles. The molecule has 2 nitrogen and oxygen atoms in total. The number of ether oxygens (including phenoxy) is 2. The summed E-state index contributed by atoms with van der Waals surface area (Å²) in [6.45, 7) is 5.94. The van der Waals surface area contributed by atoms with Crippen LogP contribution in [0.15, 0.2) is 48.5 Å². The molecule has 0 fully saturated rings. The zero-order valence-electron chi connectivity index (χ0n) is 11.6. The van der Waals surface area contributed by atoms with Gasteiger partial charge in [-0.15, -0.1) is 0 Å². The second-order valence-corrected chi connectivity index (χ2v) is 4.61. The second-order valence-electron chi connectivity index (χ2n) is 4.61. The molecule has 0 atom stereocenters. The summed E-state index contributed by atoms with van der Waals surface area (Å²) in [6, 6.07) is 16.3. The molecule has 0 heterocycles. The fourth-order valence-corrected chi connectivity index (χ4v) is 1.99. The normalized spacial score (nSPS) is 10.4. The van der Waals surface area contributed by atoms with E-state index in [1.807, 2.05) is 24.3 Å². The minimum absolute atomic E-state index is 0.582. The van der Waals surface area contributed by atoms with Gasteiger partial charge in [0.25, 0.3) is 0 Å². The summed E-state index contributed by atoms with van der Waals surface area (Å²) >= 11 is 0. The molecule has 0 aliphatic heterocycles. The molecule has 0 spiro atoms. The van der Waals surface area contributed by atoms with Crippen molar-refractivity contribution in [2.45, 2.75) is 20.5 Å². The van der Waals surface area contributed by atoms with Gasteiger partial charge in [0, 0.05) is 0 Å². The van der Waals surface area contributed by atoms with Crippen molar-refractivity contribution in [2.75, 3.05) is 13.2 Å². The highest BCUT2D eigenvalue weighted by molar-refractivity contribution is 5.39. The number of hydrogen-bond donors (Lipinski definition) is 0. The molecule has 0 amide bonds. The summed E-state index contributed by atoms with van der Waals surface area (Å²) in [5.74, 6) is 0.978. The largest absolute Gasteiger partial charge is 0.491 e. The van der Waals surface area contributed by atoms with Gasteiger partial charge >= 0.3 is 0 Å². The fraction of sp³-hybridized carbons (Fsp3) is 0.294. The molecule has 2 aromatic carbocycles. The van der Waals surface area contributed by atoms with Crippen LogP contribution in [-0.4, -0.2) is 13.2 Å². The third-order valence-corrected chi connectivity index (χ3v) is 2.99. The minimum atomic E-state index is 0.582. The van der Waals surface area contributed by atoms with Crippen LogP contribution in [0.1, 0.15) is 16.7 Å². The Bertz CT molecular complexity index is 486. The molecule has 0 unspecified atom stereocenters. The van der Waals surface area contributed by atoms with E-state index in [-0.39, 0.29) is 0 Å². The number of rotatable bonds is 6. The van der Waals surface area contributed by atoms with Gasteiger partial charge in [-0.3, -0.25) is 0 Å². The van der Waals surface area contributed by atoms with Crippen LogP contribution in [0.4, 0.5) is 0 Å². The van der Waals surface area contributed by atoms with Crippen molar-refractivity contribution in [2.24, 2.45) is 0 Å². The lowest BCUT2D eigenvalue weighted by molar-refractivity contribution is 0.0885. The molecule has 2 aromatic rings. The van der Waals surface area contributed by atoms with Gasteiger partial charge in [-0.1, -0.05) is 48.5 Å². The van der Waals surface area contributed by atoms with Crippen LogP contribution in [0.2, 0.25) is 0 Å². The van der Waals surface area contributed by atoms with Gasteiger partial charge in [-0.05, 0) is 30.5 Å². The summed E-state index contributed by atoms with van der Waals surface area (Å²) < 4.78 is 11.4. The first-order chi connectivity index (χ1) is 9.27. The quantitative estimate of drug-likeness (QED) is 0.730. The average molecular weight is 256 g/mol. The van der Waals surface area contributed by atoms with Gasteiger partial charge in [0.05, 0.1) is 13.2 Å². The maximum absolute atomic E-state index is 5.78. The van der Waals surface area contributed by atoms with Gasteiger partial charge in [-0.25, -0.2) is 0 Å². The molecule has 0 bridgehead atoms. The zero-order valence-corrected chi connectivity index (χ0v) is 11.6. The van der Waals surface area contributed by atoms with Crippen LogP contribution in [0, 0.1) is 13.8 Å². The first-order valence-corrected chi connectivity index (χ1v) is 6.58. The Balaban J connectivity index is 1.73. The molecule has 0 aromatic heterocycles. The van der Waals surface area contributed by atoms with Gasteiger partial charge in [-0.2, -0.15) is 0 Å². The molecule has 19 heavy (non-hydrogen) atoms. The number of benzene rings is 2. The Labute approximate surface area is 115 Å². The summed E-state index contributed by atoms with van der Waals surface area (Å²) in [7, 11) is 0. The van der Waals surface area contributed by atoms with Crippen LogP contribution >= 0.6 is 0 Å². The van der Waals surface area contributed by atoms with E-state index in [0.29, 0.717) is 19.8 Å². The Morgan fingerprint density at radius 1 is 0.789 bits per heavy atom. The highest BCUT2D eigenvalue weighted by Crippen LogP contribution is 2.21. The molecule has 0 saturated carbocycles. The lowest BCUT2D eigenvalue weighted by atomic mass is 10.1. The molecule has 0 aliphatic carbocycles. The molecule has 0 radical (unpaired) electrons. The van der Waals surface area contributed by atoms with Crippen LogP contribution in [0.5, 0.6) is 5.75 Å². The Kier molecular flexibility index (Phi) is 4.99. The third kappa shape index (κ3) is 4.11. The summed E-state index contributed by atoms with van der Waals surface area (Å²) in [6.07, 6.45) is 0. The van der Waals surface area contributed by atoms with E-state index < -0.39 is 0 Å². The molecule has 2 rings (SSSR count). The molecular formula is C17H20O2. The van der Waals surface area contributed by atoms with Crippen molar-refractivity contribution in [1.82, 2.24) is 0 Å². The Hall–Kier alpha value is -1.80. The van der Waals surface area contributed by atoms with E-state index in [1.165, 1.54) is 16.7 Å². The lowest BCUT2D eigenvalue weighted by Gasteiger charge is -2.12. The van der Waals surface area contributed by atoms with Gasteiger partial charge in [0.15, 0.2) is 0 Å². The van der Waals surface area contributed by atoms with Crippen molar-refractivity contribution >= 4 is 0 Å². The number of hydrogen-bond acceptors (Lipinski definition) is 2. The van der Waals surface area contributed by atoms with Crippen LogP contribution < -0.4 is 4.74 Å². The highest BCUT2D eigenvalue weighted by Gasteiger charge is 2.02. The summed E-state index contributed by atoms with van der Waals surface area (Å²) in [4.78, 5) is 0. The first-order valence-electron chi connectivity index (χ1n) is 6.58. The van der Waals surface area contributed by atoms with Crippen LogP contribution in [0.3, 0.4) is 0 Å². The molecular weight excluding hydrogens is 236 g/mol. The smallest absolute Gasteiger partial charge is 0.125 e. The summed E-state index contributed by atoms with van der Waals surface area (Å²) in [5, 5.41) is 0. The van der Waals surface area contributed by atoms with Crippen LogP contribution in [0.25, 0.3) is 0 Å². The van der Waals surface area contributed by atoms with Gasteiger partial charge in [0.2, 0.25) is 0 Å². The van der Waals surface area contributed by atoms with Crippen molar-refractivity contribution in [1.29, 1.82) is 0 Å². The second kappa shape index (κ2) is 6.95. The molecule has 100 valence electrons. The topological polar surface area (TPSA) is 18.5 Å². The lowest BCUT2D eigenvalue weighted by Crippen LogP contribution is -2.08. The Morgan fingerprint density at radius 2 is 1.47 bits per heavy atom. The molecule has 0 aliphatic rings. The van der Waals surface area contributed by atoms with E-state index in [9.17, 15) is 0 Å². The van der Waals surface area contributed by atoms with E-state index >= 15 is 0 Å². The zero-order chi connectivity index (χ0) is 13.5. The summed E-state index contributed by atoms with van der Waals surface area (Å²) in [5.41, 5.74) is 3.53. The average Bonchev–Trinajstić information content (AvgIpc) is 2.42. The third-order valence-electron chi connectivity index (χ3n) is 2.99. The van der Waals surface area contributed by atoms with Crippen molar-refractivity contribution < 1.29 is 9.47 Å². The van der Waals surface area contributed by atoms with Crippen molar-refractivity contribution in [3.05, 3.63) is 65.2 Å². The SMILES string of the molecule is Cc1cccc(C)c1OCCOCc1ccccc1. The standard InChI is InChI=1S/C17H20O2/c1-14-7-6-8-15(2)17(14)19-12-11-18-13-16-9-4-3-5-10-16/h3-10H,11-13H2,1-2H3. The fourth-order valence-electron chi connectivity index (χ4n) is 1.99. The first kappa shape index (κ1) is 13.6. The van der Waals surface area contributed by atoms with Crippen molar-refractivity contribution in [3.63, 3.8) is 0 Å². The minimum Gasteiger partial charge on any atom is -0.491 e.